The maximum absolute atomic E-state index is 11.6. The molecule has 177 valence electrons. The number of aliphatic hydroxyl groups excluding tert-OH is 3. The van der Waals surface area contributed by atoms with E-state index in [-0.39, 0.29) is 79.6 Å². The Balaban J connectivity index is 0.00000306. The van der Waals surface area contributed by atoms with E-state index in [9.17, 15) is 20.1 Å². The average molecular weight is 686 g/mol. The Bertz CT molecular complexity index is 873. The molecule has 33 heavy (non-hydrogen) atoms. The van der Waals surface area contributed by atoms with Crippen LogP contribution >= 0.6 is 11.8 Å². The first-order valence-corrected chi connectivity index (χ1v) is 12.7. The second kappa shape index (κ2) is 12.1. The molecule has 1 aromatic carbocycles. The third kappa shape index (κ3) is 6.67. The topological polar surface area (TPSA) is 87.0 Å². The van der Waals surface area contributed by atoms with Crippen molar-refractivity contribution in [3.8, 4) is 0 Å². The predicted octanol–water partition coefficient (Wildman–Crippen LogP) is 5.13. The molecule has 0 aromatic heterocycles. The van der Waals surface area contributed by atoms with Gasteiger partial charge in [-0.25, -0.2) is 4.79 Å². The number of methoxy groups -OCH3 is 1. The van der Waals surface area contributed by atoms with E-state index in [2.05, 4.69) is 0 Å². The van der Waals surface area contributed by atoms with Gasteiger partial charge in [0.1, 0.15) is 5.76 Å². The van der Waals surface area contributed by atoms with Crippen molar-refractivity contribution in [1.82, 2.24) is 0 Å². The number of benzene rings is 1. The van der Waals surface area contributed by atoms with Crippen molar-refractivity contribution in [2.24, 2.45) is 17.3 Å². The molecule has 2 fully saturated rings. The first kappa shape index (κ1) is 27.3. The summed E-state index contributed by atoms with van der Waals surface area (Å²) in [5, 5.41) is 31.8. The minimum atomic E-state index is -0.642. The normalized spacial score (nSPS) is 24.9. The molecule has 7 heteroatoms. The molecule has 3 atom stereocenters. The summed E-state index contributed by atoms with van der Waals surface area (Å²) in [6, 6.07) is 7.22. The Kier molecular flexibility index (Phi) is 9.99. The molecule has 0 spiro atoms. The van der Waals surface area contributed by atoms with Crippen LogP contribution in [0.4, 0.5) is 0 Å². The molecular formula is C26H34AcO5S. The van der Waals surface area contributed by atoms with Gasteiger partial charge in [0, 0.05) is 67.1 Å². The molecule has 1 aromatic rings. The molecule has 0 saturated heterocycles. The third-order valence-electron chi connectivity index (χ3n) is 7.32. The zero-order valence-corrected chi connectivity index (χ0v) is 24.8. The maximum atomic E-state index is 11.6. The van der Waals surface area contributed by atoms with E-state index in [1.165, 1.54) is 38.1 Å². The Morgan fingerprint density at radius 3 is 2.55 bits per heavy atom. The van der Waals surface area contributed by atoms with E-state index in [0.29, 0.717) is 17.7 Å². The molecular weight excluding hydrogens is 651 g/mol. The van der Waals surface area contributed by atoms with Gasteiger partial charge < -0.3 is 20.1 Å². The molecule has 5 nitrogen and oxygen atoms in total. The summed E-state index contributed by atoms with van der Waals surface area (Å²) in [7, 11) is 1.36. The Morgan fingerprint density at radius 1 is 1.27 bits per heavy atom. The molecule has 0 bridgehead atoms. The van der Waals surface area contributed by atoms with Crippen molar-refractivity contribution >= 4 is 17.7 Å². The van der Waals surface area contributed by atoms with Gasteiger partial charge in [0.05, 0.1) is 24.9 Å². The summed E-state index contributed by atoms with van der Waals surface area (Å²) in [6.45, 7) is 0. The van der Waals surface area contributed by atoms with E-state index in [1.54, 1.807) is 12.1 Å². The van der Waals surface area contributed by atoms with Crippen LogP contribution in [0, 0.1) is 61.3 Å². The summed E-state index contributed by atoms with van der Waals surface area (Å²) < 4.78 is 4.73. The molecule has 0 aliphatic heterocycles. The van der Waals surface area contributed by atoms with Gasteiger partial charge in [-0.3, -0.25) is 0 Å². The van der Waals surface area contributed by atoms with E-state index >= 15 is 0 Å². The number of carbonyl (C=O) groups is 1. The van der Waals surface area contributed by atoms with Crippen LogP contribution in [0.3, 0.4) is 0 Å². The molecule has 3 aliphatic carbocycles. The van der Waals surface area contributed by atoms with Gasteiger partial charge in [-0.15, -0.1) is 11.8 Å². The van der Waals surface area contributed by atoms with Gasteiger partial charge in [0.2, 0.25) is 0 Å². The number of hydrogen-bond acceptors (Lipinski definition) is 6. The van der Waals surface area contributed by atoms with Crippen LogP contribution in [0.5, 0.6) is 0 Å². The fraction of sp³-hybridized carbons (Fsp3) is 0.577. The maximum Gasteiger partial charge on any atom is 0.337 e. The van der Waals surface area contributed by atoms with Gasteiger partial charge in [0.25, 0.3) is 0 Å². The number of ether oxygens (including phenoxy) is 1. The van der Waals surface area contributed by atoms with Gasteiger partial charge in [-0.05, 0) is 54.7 Å². The second-order valence-corrected chi connectivity index (χ2v) is 10.6. The molecule has 2 unspecified atom stereocenters. The fourth-order valence-electron chi connectivity index (χ4n) is 5.01. The second-order valence-electron chi connectivity index (χ2n) is 9.63. The Morgan fingerprint density at radius 2 is 1.97 bits per heavy atom. The SMILES string of the molecule is COC(=O)c1ccc(CSC2=C(O)CC(O)[C@@H]2/C=C/CC(O)C2(CC3CC3)CCC2)cc1.[Ac]. The van der Waals surface area contributed by atoms with Crippen LogP contribution in [-0.2, 0) is 10.5 Å². The van der Waals surface area contributed by atoms with E-state index < -0.39 is 6.10 Å². The molecule has 2 saturated carbocycles. The van der Waals surface area contributed by atoms with E-state index in [0.717, 1.165) is 35.6 Å². The minimum Gasteiger partial charge on any atom is -0.511 e. The van der Waals surface area contributed by atoms with E-state index in [4.69, 9.17) is 4.74 Å². The summed E-state index contributed by atoms with van der Waals surface area (Å²) in [4.78, 5) is 12.4. The standard InChI is InChI=1S/C26H34O5S.Ac/c1-31-25(30)19-10-8-18(9-11-19)16-32-24-20(21(27)14-22(24)28)4-2-5-23(29)26(12-3-13-26)15-17-6-7-17;/h2,4,8-11,17,20-21,23,27-29H,3,5-7,12-16H2,1H3;/b4-2+;/t20-,21?,23?;/m0./s1. The molecule has 3 aliphatic rings. The first-order valence-electron chi connectivity index (χ1n) is 11.7. The average Bonchev–Trinajstić information content (AvgIpc) is 3.54. The van der Waals surface area contributed by atoms with Crippen molar-refractivity contribution in [1.29, 1.82) is 0 Å². The van der Waals surface area contributed by atoms with Crippen molar-refractivity contribution in [2.45, 2.75) is 69.3 Å². The summed E-state index contributed by atoms with van der Waals surface area (Å²) in [5.74, 6) is 1.08. The number of aliphatic hydroxyl groups is 3. The monoisotopic (exact) mass is 685 g/mol. The Labute approximate surface area is 236 Å². The smallest absolute Gasteiger partial charge is 0.337 e. The van der Waals surface area contributed by atoms with Gasteiger partial charge >= 0.3 is 5.97 Å². The van der Waals surface area contributed by atoms with Crippen LogP contribution in [-0.4, -0.2) is 40.6 Å². The van der Waals surface area contributed by atoms with Crippen molar-refractivity contribution < 1.29 is 68.9 Å². The van der Waals surface area contributed by atoms with E-state index in [1.807, 2.05) is 24.3 Å². The van der Waals surface area contributed by atoms with Crippen molar-refractivity contribution in [3.05, 3.63) is 58.2 Å². The number of thioether (sulfide) groups is 1. The minimum absolute atomic E-state index is 0. The first-order chi connectivity index (χ1) is 15.4. The third-order valence-corrected chi connectivity index (χ3v) is 8.62. The quantitative estimate of drug-likeness (QED) is 0.234. The molecule has 1 radical (unpaired) electrons. The molecule has 3 N–H and O–H groups in total. The van der Waals surface area contributed by atoms with Crippen molar-refractivity contribution in [2.75, 3.05) is 7.11 Å². The van der Waals surface area contributed by atoms with Crippen LogP contribution in [0.15, 0.2) is 47.1 Å². The summed E-state index contributed by atoms with van der Waals surface area (Å²) >= 11 is 1.51. The fourth-order valence-corrected chi connectivity index (χ4v) is 6.20. The number of esters is 1. The van der Waals surface area contributed by atoms with Crippen LogP contribution in [0.2, 0.25) is 0 Å². The number of rotatable bonds is 10. The van der Waals surface area contributed by atoms with Crippen LogP contribution < -0.4 is 0 Å². The number of carbonyl (C=O) groups excluding carboxylic acids is 1. The summed E-state index contributed by atoms with van der Waals surface area (Å²) in [5.41, 5.74) is 1.63. The zero-order chi connectivity index (χ0) is 22.7. The van der Waals surface area contributed by atoms with Gasteiger partial charge in [-0.2, -0.15) is 0 Å². The molecule has 0 amide bonds. The van der Waals surface area contributed by atoms with Crippen LogP contribution in [0.25, 0.3) is 0 Å². The zero-order valence-electron chi connectivity index (χ0n) is 19.3. The van der Waals surface area contributed by atoms with Gasteiger partial charge in [0.15, 0.2) is 0 Å². The van der Waals surface area contributed by atoms with Crippen LogP contribution in [0.1, 0.15) is 67.3 Å². The predicted molar refractivity (Wildman–Crippen MR) is 126 cm³/mol. The Hall–Kier alpha value is -0.318. The molecule has 0 heterocycles. The molecule has 4 rings (SSSR count). The van der Waals surface area contributed by atoms with Crippen molar-refractivity contribution in [3.63, 3.8) is 0 Å². The largest absolute Gasteiger partial charge is 0.511 e. The summed E-state index contributed by atoms with van der Waals surface area (Å²) in [6.07, 6.45) is 11.1. The number of hydrogen-bond donors (Lipinski definition) is 3. The van der Waals surface area contributed by atoms with Gasteiger partial charge in [-0.1, -0.05) is 43.5 Å².